The SMILES string of the molecule is C[C@@H]1CCCC[C@@H]1OCCNC(=O)c1ccc(C(F)(F)F)nc1. The molecule has 23 heavy (non-hydrogen) atoms. The molecule has 1 amide bonds. The van der Waals surface area contributed by atoms with E-state index < -0.39 is 17.8 Å². The number of pyridine rings is 1. The molecule has 0 bridgehead atoms. The molecule has 0 aromatic carbocycles. The van der Waals surface area contributed by atoms with Crippen molar-refractivity contribution >= 4 is 5.91 Å². The molecule has 0 spiro atoms. The van der Waals surface area contributed by atoms with Crippen molar-refractivity contribution < 1.29 is 22.7 Å². The minimum atomic E-state index is -4.50. The van der Waals surface area contributed by atoms with Crippen molar-refractivity contribution in [2.24, 2.45) is 5.92 Å². The molecule has 1 aromatic heterocycles. The second kappa shape index (κ2) is 7.77. The van der Waals surface area contributed by atoms with Crippen LogP contribution in [0.2, 0.25) is 0 Å². The first-order valence-electron chi connectivity index (χ1n) is 7.81. The van der Waals surface area contributed by atoms with E-state index in [4.69, 9.17) is 4.74 Å². The molecule has 1 aliphatic carbocycles. The largest absolute Gasteiger partial charge is 0.433 e. The minimum absolute atomic E-state index is 0.101. The lowest BCUT2D eigenvalue weighted by molar-refractivity contribution is -0.141. The van der Waals surface area contributed by atoms with E-state index >= 15 is 0 Å². The van der Waals surface area contributed by atoms with Gasteiger partial charge in [0.05, 0.1) is 18.3 Å². The van der Waals surface area contributed by atoms with E-state index in [2.05, 4.69) is 17.2 Å². The Labute approximate surface area is 133 Å². The lowest BCUT2D eigenvalue weighted by atomic mass is 9.88. The molecule has 1 fully saturated rings. The van der Waals surface area contributed by atoms with Gasteiger partial charge in [-0.3, -0.25) is 9.78 Å². The molecule has 1 aliphatic rings. The summed E-state index contributed by atoms with van der Waals surface area (Å²) in [7, 11) is 0. The fourth-order valence-corrected chi connectivity index (χ4v) is 2.70. The number of nitrogens with one attached hydrogen (secondary N) is 1. The average molecular weight is 330 g/mol. The van der Waals surface area contributed by atoms with Crippen LogP contribution in [-0.4, -0.2) is 30.1 Å². The molecule has 1 aromatic rings. The number of hydrogen-bond acceptors (Lipinski definition) is 3. The van der Waals surface area contributed by atoms with E-state index in [1.54, 1.807) is 0 Å². The van der Waals surface area contributed by atoms with Gasteiger partial charge < -0.3 is 10.1 Å². The Morgan fingerprint density at radius 3 is 2.70 bits per heavy atom. The highest BCUT2D eigenvalue weighted by atomic mass is 19.4. The second-order valence-corrected chi connectivity index (χ2v) is 5.86. The predicted molar refractivity (Wildman–Crippen MR) is 78.9 cm³/mol. The molecule has 4 nitrogen and oxygen atoms in total. The monoisotopic (exact) mass is 330 g/mol. The fraction of sp³-hybridized carbons (Fsp3) is 0.625. The minimum Gasteiger partial charge on any atom is -0.376 e. The molecular weight excluding hydrogens is 309 g/mol. The van der Waals surface area contributed by atoms with Crippen molar-refractivity contribution in [1.82, 2.24) is 10.3 Å². The van der Waals surface area contributed by atoms with E-state index in [0.717, 1.165) is 31.2 Å². The number of hydrogen-bond donors (Lipinski definition) is 1. The Bertz CT molecular complexity index is 517. The van der Waals surface area contributed by atoms with Gasteiger partial charge in [-0.25, -0.2) is 0 Å². The van der Waals surface area contributed by atoms with E-state index in [1.807, 2.05) is 0 Å². The topological polar surface area (TPSA) is 51.2 Å². The van der Waals surface area contributed by atoms with Gasteiger partial charge in [-0.2, -0.15) is 13.2 Å². The van der Waals surface area contributed by atoms with Crippen LogP contribution in [0.4, 0.5) is 13.2 Å². The average Bonchev–Trinajstić information content (AvgIpc) is 2.52. The zero-order valence-corrected chi connectivity index (χ0v) is 13.0. The van der Waals surface area contributed by atoms with Gasteiger partial charge >= 0.3 is 6.18 Å². The number of rotatable bonds is 5. The van der Waals surface area contributed by atoms with E-state index in [-0.39, 0.29) is 11.7 Å². The molecular formula is C16H21F3N2O2. The normalized spacial score (nSPS) is 21.9. The maximum atomic E-state index is 12.4. The Morgan fingerprint density at radius 1 is 1.35 bits per heavy atom. The van der Waals surface area contributed by atoms with Crippen molar-refractivity contribution in [1.29, 1.82) is 0 Å². The Balaban J connectivity index is 1.74. The molecule has 0 unspecified atom stereocenters. The van der Waals surface area contributed by atoms with Crippen LogP contribution in [0, 0.1) is 5.92 Å². The van der Waals surface area contributed by atoms with E-state index in [9.17, 15) is 18.0 Å². The smallest absolute Gasteiger partial charge is 0.376 e. The van der Waals surface area contributed by atoms with Gasteiger partial charge in [-0.05, 0) is 30.9 Å². The molecule has 0 radical (unpaired) electrons. The second-order valence-electron chi connectivity index (χ2n) is 5.86. The van der Waals surface area contributed by atoms with Crippen LogP contribution in [0.3, 0.4) is 0 Å². The summed E-state index contributed by atoms with van der Waals surface area (Å²) in [6, 6.07) is 1.92. The standard InChI is InChI=1S/C16H21F3N2O2/c1-11-4-2-3-5-13(11)23-9-8-20-15(22)12-6-7-14(21-10-12)16(17,18)19/h6-7,10-11,13H,2-5,8-9H2,1H3,(H,20,22)/t11-,13+/m1/s1. The van der Waals surface area contributed by atoms with Crippen molar-refractivity contribution in [2.75, 3.05) is 13.2 Å². The number of nitrogens with zero attached hydrogens (tertiary/aromatic N) is 1. The van der Waals surface area contributed by atoms with Gasteiger partial charge in [0.15, 0.2) is 0 Å². The molecule has 0 aliphatic heterocycles. The summed E-state index contributed by atoms with van der Waals surface area (Å²) in [6.45, 7) is 2.88. The number of aromatic nitrogens is 1. The predicted octanol–water partition coefficient (Wildman–Crippen LogP) is 3.43. The molecule has 0 saturated heterocycles. The Hall–Kier alpha value is -1.63. The third kappa shape index (κ3) is 5.20. The summed E-state index contributed by atoms with van der Waals surface area (Å²) < 4.78 is 43.0. The number of carbonyl (C=O) groups is 1. The first-order valence-corrected chi connectivity index (χ1v) is 7.81. The summed E-state index contributed by atoms with van der Waals surface area (Å²) in [6.07, 6.45) is 1.26. The molecule has 1 saturated carbocycles. The number of halogens is 3. The van der Waals surface area contributed by atoms with Gasteiger partial charge in [0.25, 0.3) is 5.91 Å². The van der Waals surface area contributed by atoms with Gasteiger partial charge in [-0.15, -0.1) is 0 Å². The van der Waals surface area contributed by atoms with Crippen molar-refractivity contribution in [3.8, 4) is 0 Å². The van der Waals surface area contributed by atoms with Crippen LogP contribution in [0.1, 0.15) is 48.7 Å². The van der Waals surface area contributed by atoms with Crippen LogP contribution in [0.15, 0.2) is 18.3 Å². The highest BCUT2D eigenvalue weighted by Gasteiger charge is 2.32. The zero-order valence-electron chi connectivity index (χ0n) is 13.0. The van der Waals surface area contributed by atoms with Gasteiger partial charge in [0.1, 0.15) is 5.69 Å². The highest BCUT2D eigenvalue weighted by Crippen LogP contribution is 2.27. The lowest BCUT2D eigenvalue weighted by Crippen LogP contribution is -2.31. The molecule has 128 valence electrons. The molecule has 2 atom stereocenters. The number of amides is 1. The molecule has 1 N–H and O–H groups in total. The molecule has 7 heteroatoms. The molecule has 1 heterocycles. The van der Waals surface area contributed by atoms with Gasteiger partial charge in [0.2, 0.25) is 0 Å². The third-order valence-corrected chi connectivity index (χ3v) is 4.07. The van der Waals surface area contributed by atoms with E-state index in [0.29, 0.717) is 19.1 Å². The van der Waals surface area contributed by atoms with Crippen molar-refractivity contribution in [3.63, 3.8) is 0 Å². The maximum absolute atomic E-state index is 12.4. The van der Waals surface area contributed by atoms with Crippen LogP contribution >= 0.6 is 0 Å². The summed E-state index contributed by atoms with van der Waals surface area (Å²) >= 11 is 0. The Morgan fingerprint density at radius 2 is 2.09 bits per heavy atom. The third-order valence-electron chi connectivity index (χ3n) is 4.07. The van der Waals surface area contributed by atoms with Gasteiger partial charge in [0, 0.05) is 12.7 Å². The number of ether oxygens (including phenoxy) is 1. The lowest BCUT2D eigenvalue weighted by Gasteiger charge is -2.28. The van der Waals surface area contributed by atoms with Crippen LogP contribution < -0.4 is 5.32 Å². The first-order chi connectivity index (χ1) is 10.9. The van der Waals surface area contributed by atoms with Gasteiger partial charge in [-0.1, -0.05) is 19.8 Å². The quantitative estimate of drug-likeness (QED) is 0.842. The summed E-state index contributed by atoms with van der Waals surface area (Å²) in [5, 5.41) is 2.63. The van der Waals surface area contributed by atoms with Crippen LogP contribution in [0.5, 0.6) is 0 Å². The zero-order chi connectivity index (χ0) is 16.9. The van der Waals surface area contributed by atoms with Crippen molar-refractivity contribution in [3.05, 3.63) is 29.6 Å². The number of alkyl halides is 3. The summed E-state index contributed by atoms with van der Waals surface area (Å²) in [4.78, 5) is 15.1. The number of carbonyl (C=O) groups excluding carboxylic acids is 1. The first kappa shape index (κ1) is 17.7. The Kier molecular flexibility index (Phi) is 5.98. The van der Waals surface area contributed by atoms with E-state index in [1.165, 1.54) is 12.8 Å². The van der Waals surface area contributed by atoms with Crippen molar-refractivity contribution in [2.45, 2.75) is 44.9 Å². The summed E-state index contributed by atoms with van der Waals surface area (Å²) in [5.74, 6) is 0.0741. The fourth-order valence-electron chi connectivity index (χ4n) is 2.70. The highest BCUT2D eigenvalue weighted by molar-refractivity contribution is 5.93. The maximum Gasteiger partial charge on any atom is 0.433 e. The van der Waals surface area contributed by atoms with Crippen LogP contribution in [-0.2, 0) is 10.9 Å². The molecule has 2 rings (SSSR count). The van der Waals surface area contributed by atoms with Crippen LogP contribution in [0.25, 0.3) is 0 Å². The summed E-state index contributed by atoms with van der Waals surface area (Å²) in [5.41, 5.74) is -0.910.